The molecular weight excluding hydrogens is 300 g/mol. The first-order valence-corrected chi connectivity index (χ1v) is 8.83. The van der Waals surface area contributed by atoms with Crippen molar-refractivity contribution in [1.29, 1.82) is 0 Å². The molecule has 5 nitrogen and oxygen atoms in total. The molecule has 3 rings (SSSR count). The highest BCUT2D eigenvalue weighted by molar-refractivity contribution is 5.96. The monoisotopic (exact) mass is 328 g/mol. The Bertz CT molecular complexity index is 728. The van der Waals surface area contributed by atoms with Gasteiger partial charge < -0.3 is 14.8 Å². The van der Waals surface area contributed by atoms with Crippen molar-refractivity contribution in [3.05, 3.63) is 30.0 Å². The lowest BCUT2D eigenvalue weighted by Gasteiger charge is -2.35. The Morgan fingerprint density at radius 3 is 2.58 bits per heavy atom. The number of aromatic nitrogens is 1. The topological polar surface area (TPSA) is 40.5 Å². The summed E-state index contributed by atoms with van der Waals surface area (Å²) in [5.41, 5.74) is 3.35. The van der Waals surface area contributed by atoms with Gasteiger partial charge in [0, 0.05) is 55.0 Å². The standard InChI is InChI=1S/C19H28N4O/c1-5-23-14(2)12-16-13-17(6-7-18(16)23)20-19(24)15(3)22-10-8-21(4)9-11-22/h6-7,12-13,15H,5,8-11H2,1-4H3,(H,20,24). The van der Waals surface area contributed by atoms with Crippen molar-refractivity contribution < 1.29 is 4.79 Å². The number of anilines is 1. The number of piperazine rings is 1. The fourth-order valence-electron chi connectivity index (χ4n) is 3.53. The summed E-state index contributed by atoms with van der Waals surface area (Å²) in [5.74, 6) is 0.0746. The first kappa shape index (κ1) is 17.0. The van der Waals surface area contributed by atoms with Crippen molar-refractivity contribution in [2.75, 3.05) is 38.5 Å². The predicted octanol–water partition coefficient (Wildman–Crippen LogP) is 2.54. The number of fused-ring (bicyclic) bond motifs is 1. The van der Waals surface area contributed by atoms with Crippen LogP contribution in [0.1, 0.15) is 19.5 Å². The van der Waals surface area contributed by atoms with E-state index in [-0.39, 0.29) is 11.9 Å². The molecule has 1 N–H and O–H groups in total. The van der Waals surface area contributed by atoms with Crippen molar-refractivity contribution in [3.63, 3.8) is 0 Å². The van der Waals surface area contributed by atoms with Gasteiger partial charge in [-0.25, -0.2) is 0 Å². The van der Waals surface area contributed by atoms with E-state index in [1.165, 1.54) is 16.6 Å². The van der Waals surface area contributed by atoms with E-state index in [1.807, 2.05) is 13.0 Å². The van der Waals surface area contributed by atoms with E-state index >= 15 is 0 Å². The smallest absolute Gasteiger partial charge is 0.241 e. The number of likely N-dealkylation sites (N-methyl/N-ethyl adjacent to an activating group) is 1. The van der Waals surface area contributed by atoms with E-state index in [2.05, 4.69) is 58.8 Å². The number of amides is 1. The minimum atomic E-state index is -0.101. The third kappa shape index (κ3) is 3.32. The third-order valence-corrected chi connectivity index (χ3v) is 5.16. The molecule has 0 radical (unpaired) electrons. The molecule has 1 unspecified atom stereocenters. The fraction of sp³-hybridized carbons (Fsp3) is 0.526. The molecule has 1 saturated heterocycles. The molecule has 0 spiro atoms. The molecule has 0 bridgehead atoms. The Morgan fingerprint density at radius 2 is 1.92 bits per heavy atom. The van der Waals surface area contributed by atoms with E-state index in [0.29, 0.717) is 0 Å². The molecule has 1 amide bonds. The summed E-state index contributed by atoms with van der Waals surface area (Å²) < 4.78 is 2.29. The minimum absolute atomic E-state index is 0.0746. The highest BCUT2D eigenvalue weighted by atomic mass is 16.2. The number of carbonyl (C=O) groups excluding carboxylic acids is 1. The summed E-state index contributed by atoms with van der Waals surface area (Å²) in [6.45, 7) is 11.2. The van der Waals surface area contributed by atoms with Crippen LogP contribution in [0.2, 0.25) is 0 Å². The average molecular weight is 328 g/mol. The van der Waals surface area contributed by atoms with Gasteiger partial charge in [-0.2, -0.15) is 0 Å². The number of hydrogen-bond donors (Lipinski definition) is 1. The number of carbonyl (C=O) groups is 1. The quantitative estimate of drug-likeness (QED) is 0.938. The van der Waals surface area contributed by atoms with Gasteiger partial charge in [-0.1, -0.05) is 0 Å². The van der Waals surface area contributed by atoms with Crippen LogP contribution >= 0.6 is 0 Å². The second kappa shape index (κ2) is 6.95. The number of nitrogens with zero attached hydrogens (tertiary/aromatic N) is 3. The highest BCUT2D eigenvalue weighted by Gasteiger charge is 2.24. The van der Waals surface area contributed by atoms with Crippen LogP contribution in [-0.2, 0) is 11.3 Å². The van der Waals surface area contributed by atoms with Crippen LogP contribution in [0.15, 0.2) is 24.3 Å². The highest BCUT2D eigenvalue weighted by Crippen LogP contribution is 2.23. The predicted molar refractivity (Wildman–Crippen MR) is 99.5 cm³/mol. The van der Waals surface area contributed by atoms with E-state index in [1.54, 1.807) is 0 Å². The lowest BCUT2D eigenvalue weighted by Crippen LogP contribution is -2.51. The molecule has 130 valence electrons. The average Bonchev–Trinajstić information content (AvgIpc) is 2.89. The van der Waals surface area contributed by atoms with Crippen LogP contribution in [0.3, 0.4) is 0 Å². The van der Waals surface area contributed by atoms with Crippen molar-refractivity contribution in [1.82, 2.24) is 14.4 Å². The van der Waals surface area contributed by atoms with Gasteiger partial charge in [-0.05, 0) is 52.1 Å². The Hall–Kier alpha value is -1.85. The van der Waals surface area contributed by atoms with Crippen LogP contribution in [0.5, 0.6) is 0 Å². The minimum Gasteiger partial charge on any atom is -0.345 e. The van der Waals surface area contributed by atoms with Gasteiger partial charge in [0.05, 0.1) is 6.04 Å². The van der Waals surface area contributed by atoms with E-state index in [9.17, 15) is 4.79 Å². The van der Waals surface area contributed by atoms with Gasteiger partial charge in [0.2, 0.25) is 5.91 Å². The molecule has 2 aromatic rings. The maximum atomic E-state index is 12.6. The number of rotatable bonds is 4. The van der Waals surface area contributed by atoms with Crippen LogP contribution in [-0.4, -0.2) is 59.5 Å². The SMILES string of the molecule is CCn1c(C)cc2cc(NC(=O)C(C)N3CCN(C)CC3)ccc21. The first-order valence-electron chi connectivity index (χ1n) is 8.83. The Labute approximate surface area is 144 Å². The number of hydrogen-bond acceptors (Lipinski definition) is 3. The molecule has 1 aromatic carbocycles. The summed E-state index contributed by atoms with van der Waals surface area (Å²) in [7, 11) is 2.13. The molecule has 5 heteroatoms. The molecule has 1 fully saturated rings. The van der Waals surface area contributed by atoms with Crippen LogP contribution in [0.4, 0.5) is 5.69 Å². The van der Waals surface area contributed by atoms with Gasteiger partial charge in [0.15, 0.2) is 0 Å². The summed E-state index contributed by atoms with van der Waals surface area (Å²) >= 11 is 0. The second-order valence-electron chi connectivity index (χ2n) is 6.81. The van der Waals surface area contributed by atoms with Gasteiger partial charge in [-0.15, -0.1) is 0 Å². The molecule has 1 aromatic heterocycles. The molecule has 0 aliphatic carbocycles. The van der Waals surface area contributed by atoms with Gasteiger partial charge in [0.25, 0.3) is 0 Å². The third-order valence-electron chi connectivity index (χ3n) is 5.16. The van der Waals surface area contributed by atoms with Gasteiger partial charge >= 0.3 is 0 Å². The Balaban J connectivity index is 1.71. The van der Waals surface area contributed by atoms with Crippen LogP contribution < -0.4 is 5.32 Å². The maximum absolute atomic E-state index is 12.6. The zero-order valence-corrected chi connectivity index (χ0v) is 15.2. The molecule has 1 atom stereocenters. The van der Waals surface area contributed by atoms with E-state index < -0.39 is 0 Å². The van der Waals surface area contributed by atoms with Gasteiger partial charge in [-0.3, -0.25) is 9.69 Å². The van der Waals surface area contributed by atoms with E-state index in [0.717, 1.165) is 38.4 Å². The molecular formula is C19H28N4O. The first-order chi connectivity index (χ1) is 11.5. The lowest BCUT2D eigenvalue weighted by molar-refractivity contribution is -0.121. The molecule has 24 heavy (non-hydrogen) atoms. The summed E-state index contributed by atoms with van der Waals surface area (Å²) in [6.07, 6.45) is 0. The number of benzene rings is 1. The number of nitrogens with one attached hydrogen (secondary N) is 1. The second-order valence-corrected chi connectivity index (χ2v) is 6.81. The summed E-state index contributed by atoms with van der Waals surface area (Å²) in [5, 5.41) is 4.27. The van der Waals surface area contributed by atoms with Crippen molar-refractivity contribution in [3.8, 4) is 0 Å². The Morgan fingerprint density at radius 1 is 1.21 bits per heavy atom. The largest absolute Gasteiger partial charge is 0.345 e. The van der Waals surface area contributed by atoms with Crippen molar-refractivity contribution in [2.45, 2.75) is 33.4 Å². The van der Waals surface area contributed by atoms with Crippen LogP contribution in [0.25, 0.3) is 10.9 Å². The zero-order valence-electron chi connectivity index (χ0n) is 15.2. The summed E-state index contributed by atoms with van der Waals surface area (Å²) in [6, 6.07) is 8.25. The summed E-state index contributed by atoms with van der Waals surface area (Å²) in [4.78, 5) is 17.1. The number of aryl methyl sites for hydroxylation is 2. The van der Waals surface area contributed by atoms with E-state index in [4.69, 9.17) is 0 Å². The van der Waals surface area contributed by atoms with Crippen LogP contribution in [0, 0.1) is 6.92 Å². The van der Waals surface area contributed by atoms with Crippen molar-refractivity contribution >= 4 is 22.5 Å². The molecule has 0 saturated carbocycles. The Kier molecular flexibility index (Phi) is 4.92. The normalized spacial score (nSPS) is 18.0. The molecule has 2 heterocycles. The zero-order chi connectivity index (χ0) is 17.3. The van der Waals surface area contributed by atoms with Crippen molar-refractivity contribution in [2.24, 2.45) is 0 Å². The lowest BCUT2D eigenvalue weighted by atomic mass is 10.2. The molecule has 1 aliphatic rings. The fourth-order valence-corrected chi connectivity index (χ4v) is 3.53. The maximum Gasteiger partial charge on any atom is 0.241 e. The van der Waals surface area contributed by atoms with Gasteiger partial charge in [0.1, 0.15) is 0 Å². The molecule has 1 aliphatic heterocycles.